The van der Waals surface area contributed by atoms with Crippen molar-refractivity contribution in [1.82, 2.24) is 15.3 Å². The lowest BCUT2D eigenvalue weighted by atomic mass is 10.1. The Bertz CT molecular complexity index is 966. The Morgan fingerprint density at radius 3 is 2.66 bits per heavy atom. The Kier molecular flexibility index (Phi) is 6.05. The van der Waals surface area contributed by atoms with Crippen molar-refractivity contribution in [3.63, 3.8) is 0 Å². The first-order valence-corrected chi connectivity index (χ1v) is 10.4. The Morgan fingerprint density at radius 1 is 1.07 bits per heavy atom. The lowest BCUT2D eigenvalue weighted by molar-refractivity contribution is 0.516. The average Bonchev–Trinajstić information content (AvgIpc) is 3.22. The first-order chi connectivity index (χ1) is 14.2. The second-order valence-electron chi connectivity index (χ2n) is 7.18. The molecule has 1 fully saturated rings. The van der Waals surface area contributed by atoms with Gasteiger partial charge in [0.05, 0.1) is 6.54 Å². The van der Waals surface area contributed by atoms with Crippen molar-refractivity contribution in [2.45, 2.75) is 32.7 Å². The zero-order chi connectivity index (χ0) is 20.1. The van der Waals surface area contributed by atoms with Crippen LogP contribution in [0.25, 0.3) is 11.3 Å². The molecule has 3 heterocycles. The molecule has 2 aromatic heterocycles. The summed E-state index contributed by atoms with van der Waals surface area (Å²) in [6.45, 7) is 4.55. The summed E-state index contributed by atoms with van der Waals surface area (Å²) in [6, 6.07) is 16.0. The van der Waals surface area contributed by atoms with Gasteiger partial charge in [-0.1, -0.05) is 30.3 Å². The van der Waals surface area contributed by atoms with Crippen LogP contribution in [0.1, 0.15) is 30.7 Å². The number of aromatic nitrogens is 2. The highest BCUT2D eigenvalue weighted by Gasteiger charge is 2.14. The minimum Gasteiger partial charge on any atom is -0.459 e. The number of hydrogen-bond donors (Lipinski definition) is 2. The van der Waals surface area contributed by atoms with E-state index in [0.717, 1.165) is 41.7 Å². The summed E-state index contributed by atoms with van der Waals surface area (Å²) in [7, 11) is 0. The van der Waals surface area contributed by atoms with Crippen LogP contribution in [0.15, 0.2) is 52.9 Å². The van der Waals surface area contributed by atoms with Gasteiger partial charge in [0.2, 0.25) is 5.95 Å². The molecule has 29 heavy (non-hydrogen) atoms. The molecule has 1 aliphatic heterocycles. The number of piperidine rings is 1. The van der Waals surface area contributed by atoms with Gasteiger partial charge in [-0.25, -0.2) is 4.98 Å². The van der Waals surface area contributed by atoms with Crippen LogP contribution in [-0.4, -0.2) is 28.2 Å². The van der Waals surface area contributed by atoms with Crippen molar-refractivity contribution in [2.75, 3.05) is 23.3 Å². The summed E-state index contributed by atoms with van der Waals surface area (Å²) in [5.41, 5.74) is 1.97. The fourth-order valence-electron chi connectivity index (χ4n) is 3.44. The van der Waals surface area contributed by atoms with Crippen LogP contribution in [0, 0.1) is 6.92 Å². The van der Waals surface area contributed by atoms with Crippen molar-refractivity contribution in [2.24, 2.45) is 0 Å². The molecular weight excluding hydrogens is 382 g/mol. The molecule has 0 aliphatic carbocycles. The van der Waals surface area contributed by atoms with Gasteiger partial charge in [-0.15, -0.1) is 0 Å². The third-order valence-electron chi connectivity index (χ3n) is 4.89. The number of hydrogen-bond acceptors (Lipinski definition) is 5. The van der Waals surface area contributed by atoms with E-state index in [2.05, 4.69) is 25.5 Å². The van der Waals surface area contributed by atoms with Crippen LogP contribution in [0.2, 0.25) is 0 Å². The Hall–Kier alpha value is -2.93. The van der Waals surface area contributed by atoms with E-state index in [0.29, 0.717) is 17.6 Å². The maximum atomic E-state index is 5.90. The molecule has 3 aromatic rings. The summed E-state index contributed by atoms with van der Waals surface area (Å²) in [5.74, 6) is 3.13. The number of aryl methyl sites for hydroxylation is 1. The predicted molar refractivity (Wildman–Crippen MR) is 120 cm³/mol. The number of furan rings is 1. The highest BCUT2D eigenvalue weighted by molar-refractivity contribution is 7.80. The molecule has 2 N–H and O–H groups in total. The third kappa shape index (κ3) is 5.12. The fraction of sp³-hybridized carbons (Fsp3) is 0.318. The first-order valence-electron chi connectivity index (χ1n) is 9.97. The molecule has 1 aliphatic rings. The average molecular weight is 408 g/mol. The zero-order valence-corrected chi connectivity index (χ0v) is 17.3. The molecule has 0 atom stereocenters. The second kappa shape index (κ2) is 9.05. The maximum absolute atomic E-state index is 5.90. The molecule has 4 rings (SSSR count). The van der Waals surface area contributed by atoms with Crippen LogP contribution in [-0.2, 0) is 6.54 Å². The lowest BCUT2D eigenvalue weighted by Gasteiger charge is -2.28. The molecule has 0 saturated carbocycles. The van der Waals surface area contributed by atoms with E-state index in [1.54, 1.807) is 0 Å². The normalized spacial score (nSPS) is 13.9. The summed E-state index contributed by atoms with van der Waals surface area (Å²) in [6.07, 6.45) is 3.71. The number of rotatable bonds is 5. The monoisotopic (exact) mass is 407 g/mol. The Labute approximate surface area is 176 Å². The SMILES string of the molecule is Cc1cc(N2CCCCC2)nc(NC(=S)NCc2ccc(-c3ccccc3)o2)n1. The minimum absolute atomic E-state index is 0.470. The molecular formula is C22H25N5OS. The highest BCUT2D eigenvalue weighted by Crippen LogP contribution is 2.22. The Morgan fingerprint density at radius 2 is 1.86 bits per heavy atom. The van der Waals surface area contributed by atoms with E-state index in [-0.39, 0.29) is 0 Å². The standard InChI is InChI=1S/C22H25N5OS/c1-16-14-20(27-12-6-3-7-13-27)25-21(24-16)26-22(29)23-15-18-10-11-19(28-18)17-8-4-2-5-9-17/h2,4-5,8-11,14H,3,6-7,12-13,15H2,1H3,(H2,23,24,25,26,29). The molecule has 1 aromatic carbocycles. The number of nitrogens with one attached hydrogen (secondary N) is 2. The summed E-state index contributed by atoms with van der Waals surface area (Å²) in [5, 5.41) is 6.73. The van der Waals surface area contributed by atoms with Gasteiger partial charge in [-0.05, 0) is 50.5 Å². The van der Waals surface area contributed by atoms with Crippen LogP contribution in [0.3, 0.4) is 0 Å². The number of thiocarbonyl (C=S) groups is 1. The Balaban J connectivity index is 1.35. The zero-order valence-electron chi connectivity index (χ0n) is 16.5. The maximum Gasteiger partial charge on any atom is 0.231 e. The van der Waals surface area contributed by atoms with Crippen LogP contribution < -0.4 is 15.5 Å². The molecule has 1 saturated heterocycles. The van der Waals surface area contributed by atoms with Crippen LogP contribution in [0.4, 0.5) is 11.8 Å². The lowest BCUT2D eigenvalue weighted by Crippen LogP contribution is -2.32. The predicted octanol–water partition coefficient (Wildman–Crippen LogP) is 4.52. The van der Waals surface area contributed by atoms with Crippen LogP contribution in [0.5, 0.6) is 0 Å². The van der Waals surface area contributed by atoms with Gasteiger partial charge < -0.3 is 20.0 Å². The smallest absolute Gasteiger partial charge is 0.231 e. The molecule has 0 spiro atoms. The topological polar surface area (TPSA) is 66.2 Å². The van der Waals surface area contributed by atoms with E-state index in [1.807, 2.05) is 55.5 Å². The first kappa shape index (κ1) is 19.4. The summed E-state index contributed by atoms with van der Waals surface area (Å²) >= 11 is 5.42. The van der Waals surface area contributed by atoms with Gasteiger partial charge in [0, 0.05) is 30.4 Å². The number of anilines is 2. The van der Waals surface area contributed by atoms with Crippen molar-refractivity contribution in [1.29, 1.82) is 0 Å². The fourth-order valence-corrected chi connectivity index (χ4v) is 3.60. The molecule has 0 bridgehead atoms. The summed E-state index contributed by atoms with van der Waals surface area (Å²) < 4.78 is 5.90. The molecule has 150 valence electrons. The molecule has 6 nitrogen and oxygen atoms in total. The molecule has 7 heteroatoms. The largest absolute Gasteiger partial charge is 0.459 e. The second-order valence-corrected chi connectivity index (χ2v) is 7.59. The van der Waals surface area contributed by atoms with E-state index in [9.17, 15) is 0 Å². The van der Waals surface area contributed by atoms with Gasteiger partial charge in [-0.3, -0.25) is 0 Å². The third-order valence-corrected chi connectivity index (χ3v) is 5.14. The van der Waals surface area contributed by atoms with E-state index >= 15 is 0 Å². The number of benzene rings is 1. The number of nitrogens with zero attached hydrogens (tertiary/aromatic N) is 3. The highest BCUT2D eigenvalue weighted by atomic mass is 32.1. The van der Waals surface area contributed by atoms with Crippen molar-refractivity contribution < 1.29 is 4.42 Å². The van der Waals surface area contributed by atoms with Gasteiger partial charge in [-0.2, -0.15) is 4.98 Å². The van der Waals surface area contributed by atoms with Gasteiger partial charge in [0.1, 0.15) is 17.3 Å². The molecule has 0 unspecified atom stereocenters. The van der Waals surface area contributed by atoms with Crippen molar-refractivity contribution >= 4 is 29.1 Å². The summed E-state index contributed by atoms with van der Waals surface area (Å²) in [4.78, 5) is 11.4. The van der Waals surface area contributed by atoms with Crippen molar-refractivity contribution in [3.8, 4) is 11.3 Å². The van der Waals surface area contributed by atoms with E-state index < -0.39 is 0 Å². The van der Waals surface area contributed by atoms with Crippen LogP contribution >= 0.6 is 12.2 Å². The van der Waals surface area contributed by atoms with Gasteiger partial charge in [0.15, 0.2) is 5.11 Å². The quantitative estimate of drug-likeness (QED) is 0.603. The molecule has 0 amide bonds. The molecule has 0 radical (unpaired) electrons. The van der Waals surface area contributed by atoms with E-state index in [4.69, 9.17) is 16.6 Å². The van der Waals surface area contributed by atoms with Crippen molar-refractivity contribution in [3.05, 3.63) is 60.0 Å². The minimum atomic E-state index is 0.470. The van der Waals surface area contributed by atoms with Gasteiger partial charge in [0.25, 0.3) is 0 Å². The van der Waals surface area contributed by atoms with Gasteiger partial charge >= 0.3 is 0 Å². The van der Waals surface area contributed by atoms with E-state index in [1.165, 1.54) is 19.3 Å².